The third kappa shape index (κ3) is 4.54. The SMILES string of the molecule is O=C1C(Oc2ccc(Cl)cc2Cl)=C(Oc2ccc(Cl)cc2Cl)C(=O)c2cc([N+](=O)[O-])ccc21. The summed E-state index contributed by atoms with van der Waals surface area (Å²) >= 11 is 24.1. The van der Waals surface area contributed by atoms with Crippen molar-refractivity contribution in [2.75, 3.05) is 0 Å². The molecule has 0 saturated heterocycles. The van der Waals surface area contributed by atoms with Crippen LogP contribution in [0.2, 0.25) is 20.1 Å². The van der Waals surface area contributed by atoms with Gasteiger partial charge < -0.3 is 9.47 Å². The van der Waals surface area contributed by atoms with Crippen molar-refractivity contribution in [1.29, 1.82) is 0 Å². The molecule has 0 unspecified atom stereocenters. The molecule has 0 spiro atoms. The summed E-state index contributed by atoms with van der Waals surface area (Å²) in [4.78, 5) is 37.1. The third-order valence-corrected chi connectivity index (χ3v) is 5.59. The Balaban J connectivity index is 1.87. The van der Waals surface area contributed by atoms with Gasteiger partial charge in [0.05, 0.1) is 15.0 Å². The van der Waals surface area contributed by atoms with Crippen LogP contribution >= 0.6 is 46.4 Å². The van der Waals surface area contributed by atoms with Gasteiger partial charge in [-0.25, -0.2) is 0 Å². The van der Waals surface area contributed by atoms with Gasteiger partial charge in [0.25, 0.3) is 5.69 Å². The van der Waals surface area contributed by atoms with Crippen LogP contribution in [0.1, 0.15) is 20.7 Å². The van der Waals surface area contributed by atoms with Gasteiger partial charge in [0.1, 0.15) is 11.5 Å². The molecule has 0 aromatic heterocycles. The van der Waals surface area contributed by atoms with Gasteiger partial charge in [-0.3, -0.25) is 19.7 Å². The Labute approximate surface area is 206 Å². The molecule has 3 aromatic rings. The highest BCUT2D eigenvalue weighted by molar-refractivity contribution is 6.36. The first-order valence-corrected chi connectivity index (χ1v) is 10.5. The molecule has 0 fully saturated rings. The zero-order chi connectivity index (χ0) is 23.9. The van der Waals surface area contributed by atoms with Crippen LogP contribution in [0.3, 0.4) is 0 Å². The number of carbonyl (C=O) groups excluding carboxylic acids is 2. The fraction of sp³-hybridized carbons (Fsp3) is 0. The molecule has 1 aliphatic carbocycles. The molecule has 11 heteroatoms. The summed E-state index contributed by atoms with van der Waals surface area (Å²) in [6.45, 7) is 0. The lowest BCUT2D eigenvalue weighted by Crippen LogP contribution is -2.28. The maximum Gasteiger partial charge on any atom is 0.270 e. The van der Waals surface area contributed by atoms with Crippen molar-refractivity contribution < 1.29 is 24.0 Å². The Morgan fingerprint density at radius 3 is 1.61 bits per heavy atom. The van der Waals surface area contributed by atoms with Gasteiger partial charge >= 0.3 is 0 Å². The summed E-state index contributed by atoms with van der Waals surface area (Å²) in [6.07, 6.45) is 0. The lowest BCUT2D eigenvalue weighted by atomic mass is 9.91. The van der Waals surface area contributed by atoms with Gasteiger partial charge in [0, 0.05) is 33.3 Å². The van der Waals surface area contributed by atoms with E-state index >= 15 is 0 Å². The second-order valence-corrected chi connectivity index (χ2v) is 8.34. The number of rotatable bonds is 5. The number of ether oxygens (including phenoxy) is 2. The Morgan fingerprint density at radius 1 is 0.667 bits per heavy atom. The normalized spacial score (nSPS) is 13.1. The van der Waals surface area contributed by atoms with Crippen LogP contribution in [0, 0.1) is 10.1 Å². The van der Waals surface area contributed by atoms with E-state index in [4.69, 9.17) is 55.9 Å². The van der Waals surface area contributed by atoms with E-state index in [1.54, 1.807) is 0 Å². The molecule has 0 N–H and O–H groups in total. The number of nitrogens with zero attached hydrogens (tertiary/aromatic N) is 1. The van der Waals surface area contributed by atoms with Crippen molar-refractivity contribution in [3.63, 3.8) is 0 Å². The number of non-ortho nitro benzene ring substituents is 1. The van der Waals surface area contributed by atoms with Crippen molar-refractivity contribution in [3.8, 4) is 11.5 Å². The van der Waals surface area contributed by atoms with Gasteiger partial charge in [-0.2, -0.15) is 0 Å². The molecule has 0 saturated carbocycles. The summed E-state index contributed by atoms with van der Waals surface area (Å²) < 4.78 is 11.4. The summed E-state index contributed by atoms with van der Waals surface area (Å²) in [6, 6.07) is 11.8. The van der Waals surface area contributed by atoms with Crippen LogP contribution in [-0.2, 0) is 0 Å². The Morgan fingerprint density at radius 2 is 1.15 bits per heavy atom. The van der Waals surface area contributed by atoms with E-state index in [0.29, 0.717) is 10.0 Å². The maximum atomic E-state index is 13.3. The lowest BCUT2D eigenvalue weighted by Gasteiger charge is -2.21. The van der Waals surface area contributed by atoms with Crippen molar-refractivity contribution in [1.82, 2.24) is 0 Å². The molecule has 0 heterocycles. The Kier molecular flexibility index (Phi) is 6.32. The molecule has 166 valence electrons. The molecule has 1 aliphatic rings. The smallest absolute Gasteiger partial charge is 0.270 e. The predicted octanol–water partition coefficient (Wildman–Crippen LogP) is 6.96. The molecular weight excluding hydrogens is 516 g/mol. The van der Waals surface area contributed by atoms with E-state index in [9.17, 15) is 19.7 Å². The molecular formula is C22H9Cl4NO6. The lowest BCUT2D eigenvalue weighted by molar-refractivity contribution is -0.384. The molecule has 3 aromatic carbocycles. The van der Waals surface area contributed by atoms with Crippen molar-refractivity contribution >= 4 is 63.7 Å². The molecule has 0 bridgehead atoms. The Bertz CT molecular complexity index is 1390. The first kappa shape index (κ1) is 23.1. The highest BCUT2D eigenvalue weighted by Crippen LogP contribution is 2.37. The van der Waals surface area contributed by atoms with E-state index in [1.807, 2.05) is 0 Å². The number of nitro benzene ring substituents is 1. The monoisotopic (exact) mass is 523 g/mol. The number of benzene rings is 3. The average molecular weight is 525 g/mol. The second-order valence-electron chi connectivity index (χ2n) is 6.66. The molecule has 7 nitrogen and oxygen atoms in total. The van der Waals surface area contributed by atoms with Gasteiger partial charge in [-0.15, -0.1) is 0 Å². The number of fused-ring (bicyclic) bond motifs is 1. The second kappa shape index (κ2) is 9.03. The number of allylic oxidation sites excluding steroid dienone is 2. The van der Waals surface area contributed by atoms with Crippen LogP contribution < -0.4 is 9.47 Å². The van der Waals surface area contributed by atoms with Gasteiger partial charge in [0.2, 0.25) is 23.1 Å². The van der Waals surface area contributed by atoms with Crippen LogP contribution in [-0.4, -0.2) is 16.5 Å². The minimum Gasteiger partial charge on any atom is -0.448 e. The van der Waals surface area contributed by atoms with Gasteiger partial charge in [-0.05, 0) is 42.5 Å². The molecule has 0 radical (unpaired) electrons. The maximum absolute atomic E-state index is 13.3. The quantitative estimate of drug-likeness (QED) is 0.264. The van der Waals surface area contributed by atoms with E-state index < -0.39 is 28.0 Å². The molecule has 0 amide bonds. The van der Waals surface area contributed by atoms with E-state index in [-0.39, 0.29) is 38.4 Å². The molecule has 0 atom stereocenters. The summed E-state index contributed by atoms with van der Waals surface area (Å²) in [5.74, 6) is -2.52. The minimum absolute atomic E-state index is 0.00870. The Hall–Kier alpha value is -3.10. The molecule has 0 aliphatic heterocycles. The zero-order valence-electron chi connectivity index (χ0n) is 16.1. The topological polar surface area (TPSA) is 95.7 Å². The average Bonchev–Trinajstić information content (AvgIpc) is 2.76. The first-order valence-electron chi connectivity index (χ1n) is 9.03. The molecule has 33 heavy (non-hydrogen) atoms. The van der Waals surface area contributed by atoms with Crippen molar-refractivity contribution in [2.45, 2.75) is 0 Å². The van der Waals surface area contributed by atoms with Gasteiger partial charge in [0.15, 0.2) is 0 Å². The summed E-state index contributed by atoms with van der Waals surface area (Å²) in [7, 11) is 0. The van der Waals surface area contributed by atoms with Crippen LogP contribution in [0.25, 0.3) is 0 Å². The highest BCUT2D eigenvalue weighted by atomic mass is 35.5. The van der Waals surface area contributed by atoms with Crippen LogP contribution in [0.15, 0.2) is 66.1 Å². The number of hydrogen-bond acceptors (Lipinski definition) is 6. The molecule has 4 rings (SSSR count). The number of halogens is 4. The number of hydrogen-bond donors (Lipinski definition) is 0. The minimum atomic E-state index is -0.820. The van der Waals surface area contributed by atoms with E-state index in [2.05, 4.69) is 0 Å². The van der Waals surface area contributed by atoms with Crippen LogP contribution in [0.4, 0.5) is 5.69 Å². The van der Waals surface area contributed by atoms with Crippen molar-refractivity contribution in [2.24, 2.45) is 0 Å². The fourth-order valence-electron chi connectivity index (χ4n) is 3.00. The summed E-state index contributed by atoms with van der Waals surface area (Å²) in [5, 5.41) is 12.0. The standard InChI is InChI=1S/C22H9Cl4NO6/c23-10-1-5-17(15(25)7-10)32-21-19(28)13-4-3-12(27(30)31)9-14(13)20(29)22(21)33-18-6-2-11(24)8-16(18)26/h1-9H. The predicted molar refractivity (Wildman–Crippen MR) is 123 cm³/mol. The number of ketones is 2. The number of nitro groups is 1. The van der Waals surface area contributed by atoms with E-state index in [1.165, 1.54) is 42.5 Å². The highest BCUT2D eigenvalue weighted by Gasteiger charge is 2.38. The first-order chi connectivity index (χ1) is 15.7. The van der Waals surface area contributed by atoms with Gasteiger partial charge in [-0.1, -0.05) is 46.4 Å². The van der Waals surface area contributed by atoms with Crippen molar-refractivity contribution in [3.05, 3.63) is 107 Å². The third-order valence-electron chi connectivity index (χ3n) is 4.53. The van der Waals surface area contributed by atoms with Crippen LogP contribution in [0.5, 0.6) is 11.5 Å². The summed E-state index contributed by atoms with van der Waals surface area (Å²) in [5.41, 5.74) is -0.687. The number of Topliss-reactive ketones (excluding diaryl/α,β-unsaturated/α-hetero) is 2. The number of carbonyl (C=O) groups is 2. The fourth-order valence-corrected chi connectivity index (χ4v) is 3.90. The largest absolute Gasteiger partial charge is 0.448 e. The van der Waals surface area contributed by atoms with E-state index in [0.717, 1.165) is 12.1 Å². The zero-order valence-corrected chi connectivity index (χ0v) is 19.1.